The molecule has 2 aromatic heterocycles. The second-order valence-electron chi connectivity index (χ2n) is 4.00. The molecule has 7 nitrogen and oxygen atoms in total. The number of aromatic amines is 1. The summed E-state index contributed by atoms with van der Waals surface area (Å²) in [4.78, 5) is 4.23. The number of aryl methyl sites for hydroxylation is 1. The first-order valence-electron chi connectivity index (χ1n) is 5.45. The molecule has 0 radical (unpaired) electrons. The Balaban J connectivity index is 2.24. The van der Waals surface area contributed by atoms with E-state index >= 15 is 0 Å². The van der Waals surface area contributed by atoms with Crippen LogP contribution >= 0.6 is 11.3 Å². The number of nitrogens with zero attached hydrogens (tertiary/aromatic N) is 3. The predicted octanol–water partition coefficient (Wildman–Crippen LogP) is 0.488. The molecule has 19 heavy (non-hydrogen) atoms. The van der Waals surface area contributed by atoms with Crippen LogP contribution in [0.2, 0.25) is 0 Å². The average molecular weight is 302 g/mol. The standard InChI is InChI=1S/C10H14N4O3S2/c1-7-12-9(6-18-7)4-14(2)19(16,17)10-8(5-15)3-11-13-10/h3,6,15H,4-5H2,1-2H3,(H,11,13). The Morgan fingerprint density at radius 1 is 1.53 bits per heavy atom. The van der Waals surface area contributed by atoms with Crippen LogP contribution in [-0.4, -0.2) is 40.1 Å². The summed E-state index contributed by atoms with van der Waals surface area (Å²) >= 11 is 1.47. The molecule has 0 aliphatic rings. The molecule has 2 N–H and O–H groups in total. The van der Waals surface area contributed by atoms with Gasteiger partial charge in [0.25, 0.3) is 10.0 Å². The lowest BCUT2D eigenvalue weighted by atomic mass is 10.4. The lowest BCUT2D eigenvalue weighted by Crippen LogP contribution is -2.27. The average Bonchev–Trinajstić information content (AvgIpc) is 2.97. The molecule has 0 aliphatic carbocycles. The Labute approximate surface area is 115 Å². The number of thiazole rings is 1. The van der Waals surface area contributed by atoms with Gasteiger partial charge >= 0.3 is 0 Å². The van der Waals surface area contributed by atoms with Crippen molar-refractivity contribution in [1.29, 1.82) is 0 Å². The first-order valence-corrected chi connectivity index (χ1v) is 7.77. The van der Waals surface area contributed by atoms with Gasteiger partial charge in [-0.15, -0.1) is 11.3 Å². The number of sulfonamides is 1. The molecule has 0 aliphatic heterocycles. The third-order valence-electron chi connectivity index (χ3n) is 2.57. The second kappa shape index (κ2) is 5.37. The molecular formula is C10H14N4O3S2. The molecule has 0 fully saturated rings. The highest BCUT2D eigenvalue weighted by atomic mass is 32.2. The number of nitrogens with one attached hydrogen (secondary N) is 1. The van der Waals surface area contributed by atoms with E-state index in [2.05, 4.69) is 15.2 Å². The van der Waals surface area contributed by atoms with Crippen LogP contribution in [0.4, 0.5) is 0 Å². The smallest absolute Gasteiger partial charge is 0.260 e. The summed E-state index contributed by atoms with van der Waals surface area (Å²) in [5.74, 6) is 0. The monoisotopic (exact) mass is 302 g/mol. The van der Waals surface area contributed by atoms with Gasteiger partial charge in [0, 0.05) is 18.0 Å². The van der Waals surface area contributed by atoms with Crippen molar-refractivity contribution in [3.8, 4) is 0 Å². The van der Waals surface area contributed by atoms with Crippen molar-refractivity contribution in [3.05, 3.63) is 27.8 Å². The van der Waals surface area contributed by atoms with Gasteiger partial charge in [-0.05, 0) is 6.92 Å². The van der Waals surface area contributed by atoms with Gasteiger partial charge in [-0.25, -0.2) is 13.4 Å². The van der Waals surface area contributed by atoms with Crippen LogP contribution in [-0.2, 0) is 23.2 Å². The highest BCUT2D eigenvalue weighted by Crippen LogP contribution is 2.19. The van der Waals surface area contributed by atoms with Crippen LogP contribution < -0.4 is 0 Å². The quantitative estimate of drug-likeness (QED) is 0.837. The van der Waals surface area contributed by atoms with Crippen molar-refractivity contribution in [2.45, 2.75) is 25.1 Å². The van der Waals surface area contributed by atoms with Crippen LogP contribution in [0.3, 0.4) is 0 Å². The zero-order valence-electron chi connectivity index (χ0n) is 10.5. The topological polar surface area (TPSA) is 99.2 Å². The van der Waals surface area contributed by atoms with Crippen LogP contribution in [0.15, 0.2) is 16.6 Å². The minimum absolute atomic E-state index is 0.0792. The van der Waals surface area contributed by atoms with Crippen molar-refractivity contribution in [3.63, 3.8) is 0 Å². The van der Waals surface area contributed by atoms with Crippen LogP contribution in [0.1, 0.15) is 16.3 Å². The van der Waals surface area contributed by atoms with Gasteiger partial charge in [0.2, 0.25) is 0 Å². The number of aliphatic hydroxyl groups is 1. The Kier molecular flexibility index (Phi) is 3.99. The van der Waals surface area contributed by atoms with Crippen molar-refractivity contribution in [2.24, 2.45) is 0 Å². The minimum atomic E-state index is -3.71. The number of rotatable bonds is 5. The van der Waals surface area contributed by atoms with Crippen LogP contribution in [0.25, 0.3) is 0 Å². The molecule has 0 atom stereocenters. The maximum atomic E-state index is 12.3. The maximum absolute atomic E-state index is 12.3. The van der Waals surface area contributed by atoms with Crippen molar-refractivity contribution >= 4 is 21.4 Å². The number of hydrogen-bond acceptors (Lipinski definition) is 6. The van der Waals surface area contributed by atoms with Crippen molar-refractivity contribution in [1.82, 2.24) is 19.5 Å². The van der Waals surface area contributed by atoms with Gasteiger partial charge < -0.3 is 5.11 Å². The Morgan fingerprint density at radius 2 is 2.26 bits per heavy atom. The third kappa shape index (κ3) is 2.84. The van der Waals surface area contributed by atoms with Gasteiger partial charge in [-0.3, -0.25) is 5.10 Å². The predicted molar refractivity (Wildman–Crippen MR) is 70.0 cm³/mol. The Morgan fingerprint density at radius 3 is 2.84 bits per heavy atom. The summed E-state index contributed by atoms with van der Waals surface area (Å²) in [6.45, 7) is 1.66. The molecule has 9 heteroatoms. The molecule has 0 spiro atoms. The molecule has 0 bridgehead atoms. The van der Waals surface area contributed by atoms with E-state index in [0.717, 1.165) is 5.01 Å². The maximum Gasteiger partial charge on any atom is 0.260 e. The Hall–Kier alpha value is -1.29. The van der Waals surface area contributed by atoms with E-state index < -0.39 is 10.0 Å². The van der Waals surface area contributed by atoms with Gasteiger partial charge in [0.1, 0.15) is 0 Å². The molecule has 104 valence electrons. The lowest BCUT2D eigenvalue weighted by Gasteiger charge is -2.15. The summed E-state index contributed by atoms with van der Waals surface area (Å²) in [5.41, 5.74) is 0.944. The van der Waals surface area contributed by atoms with Gasteiger partial charge in [-0.1, -0.05) is 0 Å². The molecule has 0 saturated heterocycles. The van der Waals surface area contributed by atoms with E-state index in [-0.39, 0.29) is 23.7 Å². The van der Waals surface area contributed by atoms with E-state index in [1.807, 2.05) is 12.3 Å². The van der Waals surface area contributed by atoms with E-state index in [1.54, 1.807) is 0 Å². The van der Waals surface area contributed by atoms with E-state index in [1.165, 1.54) is 28.9 Å². The summed E-state index contributed by atoms with van der Waals surface area (Å²) in [7, 11) is -2.24. The SMILES string of the molecule is Cc1nc(CN(C)S(=O)(=O)c2[nH]ncc2CO)cs1. The van der Waals surface area contributed by atoms with Gasteiger partial charge in [0.05, 0.1) is 30.1 Å². The Bertz CT molecular complexity index is 662. The molecular weight excluding hydrogens is 288 g/mol. The summed E-state index contributed by atoms with van der Waals surface area (Å²) in [5, 5.41) is 17.8. The van der Waals surface area contributed by atoms with E-state index in [0.29, 0.717) is 5.69 Å². The number of H-pyrrole nitrogens is 1. The fraction of sp³-hybridized carbons (Fsp3) is 0.400. The molecule has 0 saturated carbocycles. The highest BCUT2D eigenvalue weighted by molar-refractivity contribution is 7.89. The number of aliphatic hydroxyl groups excluding tert-OH is 1. The first-order chi connectivity index (χ1) is 8.95. The molecule has 0 aromatic carbocycles. The van der Waals surface area contributed by atoms with Gasteiger partial charge in [0.15, 0.2) is 5.03 Å². The first kappa shape index (κ1) is 14.1. The second-order valence-corrected chi connectivity index (χ2v) is 7.05. The largest absolute Gasteiger partial charge is 0.392 e. The molecule has 2 aromatic rings. The van der Waals surface area contributed by atoms with Crippen molar-refractivity contribution in [2.75, 3.05) is 7.05 Å². The fourth-order valence-corrected chi connectivity index (χ4v) is 3.42. The minimum Gasteiger partial charge on any atom is -0.392 e. The molecule has 0 unspecified atom stereocenters. The highest BCUT2D eigenvalue weighted by Gasteiger charge is 2.26. The molecule has 0 amide bonds. The third-order valence-corrected chi connectivity index (χ3v) is 5.21. The fourth-order valence-electron chi connectivity index (χ4n) is 1.59. The number of aromatic nitrogens is 3. The summed E-state index contributed by atoms with van der Waals surface area (Å²) < 4.78 is 25.8. The zero-order chi connectivity index (χ0) is 14.0. The summed E-state index contributed by atoms with van der Waals surface area (Å²) in [6.07, 6.45) is 1.30. The lowest BCUT2D eigenvalue weighted by molar-refractivity contribution is 0.278. The van der Waals surface area contributed by atoms with E-state index in [4.69, 9.17) is 5.11 Å². The molecule has 2 rings (SSSR count). The molecule has 2 heterocycles. The normalized spacial score (nSPS) is 12.2. The number of hydrogen-bond donors (Lipinski definition) is 2. The van der Waals surface area contributed by atoms with Crippen LogP contribution in [0, 0.1) is 6.92 Å². The zero-order valence-corrected chi connectivity index (χ0v) is 12.1. The van der Waals surface area contributed by atoms with Crippen molar-refractivity contribution < 1.29 is 13.5 Å². The summed E-state index contributed by atoms with van der Waals surface area (Å²) in [6, 6.07) is 0. The van der Waals surface area contributed by atoms with Gasteiger partial charge in [-0.2, -0.15) is 9.40 Å². The van der Waals surface area contributed by atoms with Crippen LogP contribution in [0.5, 0.6) is 0 Å². The van der Waals surface area contributed by atoms with E-state index in [9.17, 15) is 8.42 Å².